The summed E-state index contributed by atoms with van der Waals surface area (Å²) in [6.45, 7) is 1.74. The van der Waals surface area contributed by atoms with Crippen LogP contribution in [0.1, 0.15) is 5.89 Å². The molecule has 0 aliphatic rings. The van der Waals surface area contributed by atoms with Crippen molar-refractivity contribution in [1.29, 1.82) is 0 Å². The van der Waals surface area contributed by atoms with E-state index in [4.69, 9.17) is 9.56 Å². The van der Waals surface area contributed by atoms with Crippen LogP contribution in [0.5, 0.6) is 0 Å². The van der Waals surface area contributed by atoms with Crippen molar-refractivity contribution in [2.24, 2.45) is 5.14 Å². The highest BCUT2D eigenvalue weighted by molar-refractivity contribution is 7.89. The van der Waals surface area contributed by atoms with Gasteiger partial charge in [0.1, 0.15) is 5.52 Å². The fraction of sp³-hybridized carbons (Fsp3) is 0.0556. The fourth-order valence-electron chi connectivity index (χ4n) is 2.65. The van der Waals surface area contributed by atoms with Crippen LogP contribution in [-0.4, -0.2) is 23.4 Å². The molecule has 0 aliphatic carbocycles. The van der Waals surface area contributed by atoms with E-state index in [1.54, 1.807) is 31.2 Å². The number of nitrogens with zero attached hydrogens (tertiary/aromatic N) is 3. The van der Waals surface area contributed by atoms with Gasteiger partial charge in [0.2, 0.25) is 16.0 Å². The predicted molar refractivity (Wildman–Crippen MR) is 105 cm³/mol. The third kappa shape index (κ3) is 4.15. The zero-order valence-electron chi connectivity index (χ0n) is 15.0. The second kappa shape index (κ2) is 7.11. The third-order valence-electron chi connectivity index (χ3n) is 3.92. The van der Waals surface area contributed by atoms with Crippen LogP contribution < -0.4 is 15.8 Å². The SMILES string of the molecule is Cc1nc2cc(Nc3nc(Nc4cccc(S(N)(=O)=O)c4)ncc3F)ccc2o1. The maximum atomic E-state index is 14.2. The van der Waals surface area contributed by atoms with Gasteiger partial charge in [-0.25, -0.2) is 27.9 Å². The predicted octanol–water partition coefficient (Wildman–Crippen LogP) is 3.20. The number of hydrogen-bond donors (Lipinski definition) is 3. The van der Waals surface area contributed by atoms with Crippen molar-refractivity contribution < 1.29 is 17.2 Å². The molecule has 2 heterocycles. The van der Waals surface area contributed by atoms with Crippen molar-refractivity contribution in [2.75, 3.05) is 10.6 Å². The molecule has 4 aromatic rings. The Balaban J connectivity index is 1.60. The first-order valence-corrected chi connectivity index (χ1v) is 9.89. The van der Waals surface area contributed by atoms with E-state index in [1.165, 1.54) is 18.2 Å². The molecule has 29 heavy (non-hydrogen) atoms. The van der Waals surface area contributed by atoms with E-state index in [9.17, 15) is 12.8 Å². The number of fused-ring (bicyclic) bond motifs is 1. The number of hydrogen-bond acceptors (Lipinski definition) is 8. The second-order valence-corrected chi connectivity index (χ2v) is 7.69. The van der Waals surface area contributed by atoms with Crippen molar-refractivity contribution in [1.82, 2.24) is 15.0 Å². The lowest BCUT2D eigenvalue weighted by Crippen LogP contribution is -2.12. The van der Waals surface area contributed by atoms with Crippen molar-refractivity contribution >= 4 is 44.3 Å². The minimum Gasteiger partial charge on any atom is -0.441 e. The van der Waals surface area contributed by atoms with Gasteiger partial charge in [-0.15, -0.1) is 0 Å². The van der Waals surface area contributed by atoms with Gasteiger partial charge in [-0.1, -0.05) is 6.07 Å². The van der Waals surface area contributed by atoms with Gasteiger partial charge in [0.05, 0.1) is 11.1 Å². The molecule has 0 radical (unpaired) electrons. The van der Waals surface area contributed by atoms with Gasteiger partial charge < -0.3 is 15.1 Å². The average Bonchev–Trinajstić information content (AvgIpc) is 3.03. The van der Waals surface area contributed by atoms with Crippen LogP contribution >= 0.6 is 0 Å². The first-order valence-electron chi connectivity index (χ1n) is 8.34. The lowest BCUT2D eigenvalue weighted by Gasteiger charge is -2.10. The van der Waals surface area contributed by atoms with Crippen LogP contribution in [0.15, 0.2) is 58.0 Å². The summed E-state index contributed by atoms with van der Waals surface area (Å²) in [6, 6.07) is 10.9. The van der Waals surface area contributed by atoms with Crippen LogP contribution in [0.3, 0.4) is 0 Å². The van der Waals surface area contributed by atoms with Crippen molar-refractivity contribution in [2.45, 2.75) is 11.8 Å². The molecular formula is C18H15FN6O3S. The first-order chi connectivity index (χ1) is 13.8. The summed E-state index contributed by atoms with van der Waals surface area (Å²) in [5.74, 6) is -0.132. The minimum absolute atomic E-state index is 0.0651. The van der Waals surface area contributed by atoms with Gasteiger partial charge in [-0.3, -0.25) is 0 Å². The topological polar surface area (TPSA) is 136 Å². The maximum Gasteiger partial charge on any atom is 0.238 e. The Bertz CT molecular complexity index is 1320. The summed E-state index contributed by atoms with van der Waals surface area (Å²) in [6.07, 6.45) is 1.000. The summed E-state index contributed by atoms with van der Waals surface area (Å²) < 4.78 is 42.6. The molecule has 4 rings (SSSR count). The number of aromatic nitrogens is 3. The van der Waals surface area contributed by atoms with Gasteiger partial charge >= 0.3 is 0 Å². The summed E-state index contributed by atoms with van der Waals surface area (Å²) in [4.78, 5) is 12.1. The highest BCUT2D eigenvalue weighted by Gasteiger charge is 2.11. The molecule has 0 fully saturated rings. The number of nitrogens with one attached hydrogen (secondary N) is 2. The number of sulfonamides is 1. The third-order valence-corrected chi connectivity index (χ3v) is 4.83. The van der Waals surface area contributed by atoms with E-state index in [2.05, 4.69) is 25.6 Å². The van der Waals surface area contributed by atoms with Crippen molar-refractivity contribution in [3.8, 4) is 0 Å². The molecule has 2 aromatic carbocycles. The fourth-order valence-corrected chi connectivity index (χ4v) is 3.21. The second-order valence-electron chi connectivity index (χ2n) is 6.13. The summed E-state index contributed by atoms with van der Waals surface area (Å²) in [5, 5.41) is 10.8. The van der Waals surface area contributed by atoms with Gasteiger partial charge in [0.15, 0.2) is 23.1 Å². The van der Waals surface area contributed by atoms with Crippen LogP contribution in [0, 0.1) is 12.7 Å². The molecule has 9 nitrogen and oxygen atoms in total. The Morgan fingerprint density at radius 2 is 1.86 bits per heavy atom. The number of nitrogens with two attached hydrogens (primary N) is 1. The van der Waals surface area contributed by atoms with E-state index < -0.39 is 15.8 Å². The molecule has 0 unspecified atom stereocenters. The Morgan fingerprint density at radius 1 is 1.07 bits per heavy atom. The summed E-state index contributed by atoms with van der Waals surface area (Å²) in [7, 11) is -3.86. The zero-order chi connectivity index (χ0) is 20.6. The monoisotopic (exact) mass is 414 g/mol. The van der Waals surface area contributed by atoms with Gasteiger partial charge in [0, 0.05) is 18.3 Å². The molecule has 148 valence electrons. The first kappa shape index (κ1) is 18.8. The highest BCUT2D eigenvalue weighted by Crippen LogP contribution is 2.24. The lowest BCUT2D eigenvalue weighted by molar-refractivity contribution is 0.561. The Kier molecular flexibility index (Phi) is 4.60. The molecule has 0 atom stereocenters. The molecule has 4 N–H and O–H groups in total. The Hall–Kier alpha value is -3.57. The maximum absolute atomic E-state index is 14.2. The number of primary sulfonamides is 1. The van der Waals surface area contributed by atoms with Gasteiger partial charge in [-0.05, 0) is 36.4 Å². The van der Waals surface area contributed by atoms with Crippen LogP contribution in [0.2, 0.25) is 0 Å². The molecule has 0 aliphatic heterocycles. The smallest absolute Gasteiger partial charge is 0.238 e. The van der Waals surface area contributed by atoms with E-state index in [-0.39, 0.29) is 16.7 Å². The number of halogens is 1. The van der Waals surface area contributed by atoms with E-state index in [1.807, 2.05) is 0 Å². The standard InChI is InChI=1S/C18H15FN6O3S/c1-10-22-15-8-12(5-6-16(15)28-10)23-17-14(19)9-21-18(25-17)24-11-3-2-4-13(7-11)29(20,26)27/h2-9H,1H3,(H2,20,26,27)(H2,21,23,24,25). The minimum atomic E-state index is -3.86. The van der Waals surface area contributed by atoms with Crippen molar-refractivity contribution in [3.63, 3.8) is 0 Å². The Labute approximate surface area is 164 Å². The summed E-state index contributed by atoms with van der Waals surface area (Å²) >= 11 is 0. The molecule has 0 amide bonds. The number of rotatable bonds is 5. The molecule has 0 saturated heterocycles. The highest BCUT2D eigenvalue weighted by atomic mass is 32.2. The lowest BCUT2D eigenvalue weighted by atomic mass is 10.3. The number of benzene rings is 2. The zero-order valence-corrected chi connectivity index (χ0v) is 15.9. The normalized spacial score (nSPS) is 11.6. The molecule has 2 aromatic heterocycles. The number of anilines is 4. The van der Waals surface area contributed by atoms with Crippen LogP contribution in [0.4, 0.5) is 27.5 Å². The summed E-state index contributed by atoms with van der Waals surface area (Å²) in [5.41, 5.74) is 2.19. The number of aryl methyl sites for hydroxylation is 1. The average molecular weight is 414 g/mol. The van der Waals surface area contributed by atoms with Crippen LogP contribution in [0.25, 0.3) is 11.1 Å². The number of oxazole rings is 1. The molecule has 0 saturated carbocycles. The van der Waals surface area contributed by atoms with E-state index in [0.717, 1.165) is 6.20 Å². The molecule has 0 bridgehead atoms. The van der Waals surface area contributed by atoms with Crippen molar-refractivity contribution in [3.05, 3.63) is 60.4 Å². The molecule has 0 spiro atoms. The van der Waals surface area contributed by atoms with Gasteiger partial charge in [-0.2, -0.15) is 4.98 Å². The van der Waals surface area contributed by atoms with E-state index >= 15 is 0 Å². The van der Waals surface area contributed by atoms with Crippen LogP contribution in [-0.2, 0) is 10.0 Å². The molecule has 11 heteroatoms. The quantitative estimate of drug-likeness (QED) is 0.453. The molecular weight excluding hydrogens is 399 g/mol. The largest absolute Gasteiger partial charge is 0.441 e. The van der Waals surface area contributed by atoms with E-state index in [0.29, 0.717) is 28.4 Å². The van der Waals surface area contributed by atoms with Gasteiger partial charge in [0.25, 0.3) is 0 Å². The Morgan fingerprint density at radius 3 is 2.66 bits per heavy atom.